The zero-order valence-electron chi connectivity index (χ0n) is 15.5. The Kier molecular flexibility index (Phi) is 6.22. The van der Waals surface area contributed by atoms with Crippen LogP contribution >= 0.6 is 0 Å². The number of carbonyl (C=O) groups excluding carboxylic acids is 2. The van der Waals surface area contributed by atoms with Crippen molar-refractivity contribution in [3.8, 4) is 11.9 Å². The number of nitrogens with zero attached hydrogens (tertiary/aromatic N) is 4. The highest BCUT2D eigenvalue weighted by Crippen LogP contribution is 2.21. The maximum atomic E-state index is 12.3. The molecule has 28 heavy (non-hydrogen) atoms. The lowest BCUT2D eigenvalue weighted by Crippen LogP contribution is -2.41. The molecule has 9 nitrogen and oxygen atoms in total. The van der Waals surface area contributed by atoms with Crippen LogP contribution in [-0.2, 0) is 4.79 Å². The summed E-state index contributed by atoms with van der Waals surface area (Å²) in [6.45, 7) is 5.13. The van der Waals surface area contributed by atoms with Gasteiger partial charge in [0.15, 0.2) is 5.65 Å². The highest BCUT2D eigenvalue weighted by atomic mass is 16.5. The van der Waals surface area contributed by atoms with E-state index in [9.17, 15) is 9.59 Å². The summed E-state index contributed by atoms with van der Waals surface area (Å²) in [4.78, 5) is 37.4. The van der Waals surface area contributed by atoms with E-state index in [4.69, 9.17) is 10.00 Å². The number of nitriles is 1. The van der Waals surface area contributed by atoms with Crippen molar-refractivity contribution in [2.24, 2.45) is 0 Å². The van der Waals surface area contributed by atoms with Crippen molar-refractivity contribution in [1.82, 2.24) is 25.2 Å². The molecule has 0 unspecified atom stereocenters. The van der Waals surface area contributed by atoms with E-state index in [1.807, 2.05) is 6.07 Å². The molecule has 1 saturated heterocycles. The number of fused-ring (bicyclic) bond motifs is 1. The van der Waals surface area contributed by atoms with Crippen LogP contribution in [0.15, 0.2) is 25.0 Å². The third-order valence-electron chi connectivity index (χ3n) is 4.57. The quantitative estimate of drug-likeness (QED) is 0.553. The zero-order valence-corrected chi connectivity index (χ0v) is 15.5. The molecule has 1 fully saturated rings. The minimum absolute atomic E-state index is 0.0668. The number of aromatic nitrogens is 3. The lowest BCUT2D eigenvalue weighted by molar-refractivity contribution is -0.127. The molecule has 2 aromatic rings. The van der Waals surface area contributed by atoms with E-state index in [0.717, 1.165) is 0 Å². The summed E-state index contributed by atoms with van der Waals surface area (Å²) in [7, 11) is 0. The first-order valence-electron chi connectivity index (χ1n) is 9.19. The SMILES string of the molecule is C=CC(=O)N1CCC(Oc2cnc3[nH]cc(C(=O)NCCCC#N)c3n2)CC1. The number of nitrogens with one attached hydrogen (secondary N) is 2. The van der Waals surface area contributed by atoms with Gasteiger partial charge >= 0.3 is 0 Å². The first-order chi connectivity index (χ1) is 13.6. The summed E-state index contributed by atoms with van der Waals surface area (Å²) in [5, 5.41) is 11.3. The van der Waals surface area contributed by atoms with Gasteiger partial charge in [-0.3, -0.25) is 9.59 Å². The van der Waals surface area contributed by atoms with Crippen LogP contribution in [0, 0.1) is 11.3 Å². The van der Waals surface area contributed by atoms with Gasteiger partial charge in [-0.1, -0.05) is 6.58 Å². The fourth-order valence-electron chi connectivity index (χ4n) is 3.06. The van der Waals surface area contributed by atoms with Crippen LogP contribution < -0.4 is 10.1 Å². The Morgan fingerprint density at radius 2 is 2.25 bits per heavy atom. The average molecular weight is 382 g/mol. The predicted octanol–water partition coefficient (Wildman–Crippen LogP) is 1.55. The van der Waals surface area contributed by atoms with Gasteiger partial charge in [0.05, 0.1) is 17.8 Å². The van der Waals surface area contributed by atoms with E-state index in [1.165, 1.54) is 12.3 Å². The van der Waals surface area contributed by atoms with Gasteiger partial charge in [-0.2, -0.15) is 5.26 Å². The second kappa shape index (κ2) is 8.99. The summed E-state index contributed by atoms with van der Waals surface area (Å²) >= 11 is 0. The van der Waals surface area contributed by atoms with Gasteiger partial charge in [0.1, 0.15) is 11.6 Å². The third-order valence-corrected chi connectivity index (χ3v) is 4.57. The van der Waals surface area contributed by atoms with Crippen molar-refractivity contribution < 1.29 is 14.3 Å². The van der Waals surface area contributed by atoms with Gasteiger partial charge in [-0.15, -0.1) is 0 Å². The molecule has 0 radical (unpaired) electrons. The van der Waals surface area contributed by atoms with E-state index >= 15 is 0 Å². The minimum Gasteiger partial charge on any atom is -0.473 e. The number of unbranched alkanes of at least 4 members (excludes halogenated alkanes) is 1. The molecular formula is C19H22N6O3. The largest absolute Gasteiger partial charge is 0.473 e. The standard InChI is InChI=1S/C19H22N6O3/c1-2-16(26)25-9-5-13(6-10-25)28-15-12-23-18-17(24-15)14(11-22-18)19(27)21-8-4-3-7-20/h2,11-13H,1,3-6,8-10H2,(H,21,27)(H,22,23). The number of hydrogen-bond donors (Lipinski definition) is 2. The van der Waals surface area contributed by atoms with Gasteiger partial charge in [0.2, 0.25) is 11.8 Å². The van der Waals surface area contributed by atoms with Crippen LogP contribution in [-0.4, -0.2) is 57.4 Å². The van der Waals surface area contributed by atoms with E-state index in [1.54, 1.807) is 11.1 Å². The molecule has 0 saturated carbocycles. The zero-order chi connectivity index (χ0) is 19.9. The normalized spacial score (nSPS) is 14.5. The highest BCUT2D eigenvalue weighted by Gasteiger charge is 2.23. The smallest absolute Gasteiger partial charge is 0.255 e. The van der Waals surface area contributed by atoms with Crippen LogP contribution in [0.2, 0.25) is 0 Å². The topological polar surface area (TPSA) is 124 Å². The minimum atomic E-state index is -0.271. The fourth-order valence-corrected chi connectivity index (χ4v) is 3.06. The molecule has 0 aromatic carbocycles. The van der Waals surface area contributed by atoms with E-state index in [0.29, 0.717) is 67.9 Å². The number of hydrogen-bond acceptors (Lipinski definition) is 6. The van der Waals surface area contributed by atoms with Crippen LogP contribution in [0.25, 0.3) is 11.2 Å². The maximum Gasteiger partial charge on any atom is 0.255 e. The Hall–Kier alpha value is -3.41. The van der Waals surface area contributed by atoms with Gasteiger partial charge in [-0.25, -0.2) is 9.97 Å². The molecule has 0 bridgehead atoms. The molecule has 0 spiro atoms. The Bertz CT molecular complexity index is 908. The van der Waals surface area contributed by atoms with Crippen molar-refractivity contribution in [3.63, 3.8) is 0 Å². The summed E-state index contributed by atoms with van der Waals surface area (Å²) in [6, 6.07) is 2.04. The number of rotatable bonds is 7. The molecule has 3 heterocycles. The van der Waals surface area contributed by atoms with Crippen molar-refractivity contribution in [2.75, 3.05) is 19.6 Å². The Labute approximate surface area is 162 Å². The lowest BCUT2D eigenvalue weighted by atomic mass is 10.1. The molecular weight excluding hydrogens is 360 g/mol. The molecule has 0 atom stereocenters. The number of likely N-dealkylation sites (tertiary alicyclic amines) is 1. The third kappa shape index (κ3) is 4.46. The number of amides is 2. The first kappa shape index (κ1) is 19.4. The van der Waals surface area contributed by atoms with Gasteiger partial charge in [0, 0.05) is 45.1 Å². The summed E-state index contributed by atoms with van der Waals surface area (Å²) in [5.41, 5.74) is 1.33. The lowest BCUT2D eigenvalue weighted by Gasteiger charge is -2.31. The highest BCUT2D eigenvalue weighted by molar-refractivity contribution is 6.04. The van der Waals surface area contributed by atoms with Crippen molar-refractivity contribution >= 4 is 23.0 Å². The van der Waals surface area contributed by atoms with E-state index < -0.39 is 0 Å². The summed E-state index contributed by atoms with van der Waals surface area (Å²) in [6.07, 6.45) is 6.71. The number of H-pyrrole nitrogens is 1. The van der Waals surface area contributed by atoms with Crippen molar-refractivity contribution in [3.05, 3.63) is 30.6 Å². The molecule has 0 aliphatic carbocycles. The Morgan fingerprint density at radius 3 is 2.96 bits per heavy atom. The molecule has 146 valence electrons. The molecule has 9 heteroatoms. The van der Waals surface area contributed by atoms with Crippen LogP contribution in [0.5, 0.6) is 5.88 Å². The van der Waals surface area contributed by atoms with Crippen LogP contribution in [0.4, 0.5) is 0 Å². The van der Waals surface area contributed by atoms with Gasteiger partial charge in [-0.05, 0) is 12.5 Å². The number of ether oxygens (including phenoxy) is 1. The second-order valence-electron chi connectivity index (χ2n) is 6.47. The summed E-state index contributed by atoms with van der Waals surface area (Å²) < 4.78 is 5.92. The number of carbonyl (C=O) groups is 2. The van der Waals surface area contributed by atoms with Crippen LogP contribution in [0.3, 0.4) is 0 Å². The molecule has 2 aromatic heterocycles. The Morgan fingerprint density at radius 1 is 1.46 bits per heavy atom. The fraction of sp³-hybridized carbons (Fsp3) is 0.421. The molecule has 2 N–H and O–H groups in total. The first-order valence-corrected chi connectivity index (χ1v) is 9.19. The average Bonchev–Trinajstić information content (AvgIpc) is 3.14. The van der Waals surface area contributed by atoms with Gasteiger partial charge in [0.25, 0.3) is 5.91 Å². The maximum absolute atomic E-state index is 12.3. The Balaban J connectivity index is 1.64. The van der Waals surface area contributed by atoms with Crippen molar-refractivity contribution in [2.45, 2.75) is 31.8 Å². The summed E-state index contributed by atoms with van der Waals surface area (Å²) in [5.74, 6) is 0.00317. The predicted molar refractivity (Wildman–Crippen MR) is 101 cm³/mol. The number of aromatic amines is 1. The van der Waals surface area contributed by atoms with Gasteiger partial charge < -0.3 is 19.9 Å². The second-order valence-corrected chi connectivity index (χ2v) is 6.47. The molecule has 1 aliphatic heterocycles. The van der Waals surface area contributed by atoms with E-state index in [-0.39, 0.29) is 17.9 Å². The monoisotopic (exact) mass is 382 g/mol. The molecule has 2 amide bonds. The van der Waals surface area contributed by atoms with E-state index in [2.05, 4.69) is 26.8 Å². The molecule has 3 rings (SSSR count). The molecule has 1 aliphatic rings. The van der Waals surface area contributed by atoms with Crippen LogP contribution in [0.1, 0.15) is 36.0 Å². The van der Waals surface area contributed by atoms with Crippen molar-refractivity contribution in [1.29, 1.82) is 5.26 Å². The number of piperidine rings is 1.